The molecule has 0 aromatic rings. The van der Waals surface area contributed by atoms with Crippen LogP contribution in [0.3, 0.4) is 0 Å². The van der Waals surface area contributed by atoms with E-state index in [1.165, 1.54) is 22.2 Å². The number of hydrogen-bond acceptors (Lipinski definition) is 4. The van der Waals surface area contributed by atoms with Crippen LogP contribution in [0.4, 0.5) is 0 Å². The number of nitrogens with zero attached hydrogens (tertiary/aromatic N) is 2. The first kappa shape index (κ1) is 17.3. The Kier molecular flexibility index (Phi) is 8.48. The molecule has 2 amide bonds. The van der Waals surface area contributed by atoms with Gasteiger partial charge < -0.3 is 19.3 Å². The van der Waals surface area contributed by atoms with Crippen LogP contribution in [0.2, 0.25) is 0 Å². The molecule has 108 valence electrons. The van der Waals surface area contributed by atoms with Gasteiger partial charge in [0.05, 0.1) is 13.2 Å². The van der Waals surface area contributed by atoms with Crippen molar-refractivity contribution in [3.05, 3.63) is 25.6 Å². The van der Waals surface area contributed by atoms with Crippen molar-refractivity contribution >= 4 is 12.8 Å². The third-order valence-corrected chi connectivity index (χ3v) is 2.34. The Morgan fingerprint density at radius 1 is 0.947 bits per heavy atom. The highest BCUT2D eigenvalue weighted by atomic mass is 16.7. The predicted molar refractivity (Wildman–Crippen MR) is 71.9 cm³/mol. The lowest BCUT2D eigenvalue weighted by Gasteiger charge is -2.27. The smallest absolute Gasteiger partial charge is 0.213 e. The molecule has 0 spiro atoms. The van der Waals surface area contributed by atoms with Gasteiger partial charge in [0.1, 0.15) is 0 Å². The Morgan fingerprint density at radius 2 is 1.32 bits per heavy atom. The van der Waals surface area contributed by atoms with E-state index in [-0.39, 0.29) is 0 Å². The van der Waals surface area contributed by atoms with Gasteiger partial charge in [-0.3, -0.25) is 9.59 Å². The normalized spacial score (nSPS) is 10.6. The van der Waals surface area contributed by atoms with Crippen LogP contribution < -0.4 is 0 Å². The number of ether oxygens (including phenoxy) is 2. The lowest BCUT2D eigenvalue weighted by Crippen LogP contribution is -2.34. The summed E-state index contributed by atoms with van der Waals surface area (Å²) in [7, 11) is 0. The number of rotatable bonds is 12. The van der Waals surface area contributed by atoms with E-state index >= 15 is 0 Å². The second-order valence-electron chi connectivity index (χ2n) is 4.15. The van der Waals surface area contributed by atoms with E-state index in [9.17, 15) is 9.59 Å². The summed E-state index contributed by atoms with van der Waals surface area (Å²) in [6.07, 6.45) is 4.21. The molecule has 0 aliphatic rings. The van der Waals surface area contributed by atoms with E-state index in [4.69, 9.17) is 9.47 Å². The van der Waals surface area contributed by atoms with Gasteiger partial charge in [-0.2, -0.15) is 0 Å². The highest BCUT2D eigenvalue weighted by Gasteiger charge is 2.19. The number of amides is 2. The monoisotopic (exact) mass is 270 g/mol. The van der Waals surface area contributed by atoms with Crippen LogP contribution in [0.15, 0.2) is 25.6 Å². The van der Waals surface area contributed by atoms with Crippen LogP contribution in [0, 0.1) is 0 Å². The van der Waals surface area contributed by atoms with Gasteiger partial charge in [-0.25, -0.2) is 0 Å². The molecule has 0 rings (SSSR count). The molecule has 6 heteroatoms. The summed E-state index contributed by atoms with van der Waals surface area (Å²) in [4.78, 5) is 23.8. The van der Waals surface area contributed by atoms with Crippen molar-refractivity contribution in [3.63, 3.8) is 0 Å². The standard InChI is InChI=1S/C13H22N2O4/c1-5-14(11-16)7-9-18-13(3,4)19-10-8-15(6-2)12-17/h5-6,11-12H,1-2,7-10H2,3-4H3. The minimum absolute atomic E-state index is 0.330. The zero-order valence-electron chi connectivity index (χ0n) is 11.6. The fourth-order valence-corrected chi connectivity index (χ4v) is 1.21. The zero-order valence-corrected chi connectivity index (χ0v) is 11.6. The molecule has 0 aromatic heterocycles. The van der Waals surface area contributed by atoms with Crippen molar-refractivity contribution in [3.8, 4) is 0 Å². The lowest BCUT2D eigenvalue weighted by molar-refractivity contribution is -0.214. The predicted octanol–water partition coefficient (Wildman–Crippen LogP) is 0.959. The first-order valence-corrected chi connectivity index (χ1v) is 5.94. The third kappa shape index (κ3) is 8.12. The maximum atomic E-state index is 10.5. The van der Waals surface area contributed by atoms with Gasteiger partial charge in [-0.1, -0.05) is 13.2 Å². The van der Waals surface area contributed by atoms with Crippen molar-refractivity contribution in [2.45, 2.75) is 19.6 Å². The van der Waals surface area contributed by atoms with Crippen molar-refractivity contribution in [2.75, 3.05) is 26.3 Å². The summed E-state index contributed by atoms with van der Waals surface area (Å²) in [6, 6.07) is 0. The zero-order chi connectivity index (χ0) is 14.7. The summed E-state index contributed by atoms with van der Waals surface area (Å²) in [6.45, 7) is 12.0. The fraction of sp³-hybridized carbons (Fsp3) is 0.538. The third-order valence-electron chi connectivity index (χ3n) is 2.34. The molecule has 0 bridgehead atoms. The van der Waals surface area contributed by atoms with Crippen molar-refractivity contribution in [2.24, 2.45) is 0 Å². The molecule has 0 aromatic carbocycles. The van der Waals surface area contributed by atoms with Gasteiger partial charge in [0.2, 0.25) is 12.8 Å². The Labute approximate surface area is 114 Å². The summed E-state index contributed by atoms with van der Waals surface area (Å²) < 4.78 is 11.0. The topological polar surface area (TPSA) is 59.1 Å². The Morgan fingerprint density at radius 3 is 1.58 bits per heavy atom. The Balaban J connectivity index is 3.91. The van der Waals surface area contributed by atoms with Crippen LogP contribution in [-0.2, 0) is 19.1 Å². The van der Waals surface area contributed by atoms with E-state index in [0.29, 0.717) is 39.1 Å². The van der Waals surface area contributed by atoms with E-state index in [0.717, 1.165) is 0 Å². The van der Waals surface area contributed by atoms with Gasteiger partial charge in [0, 0.05) is 13.1 Å². The maximum absolute atomic E-state index is 10.5. The van der Waals surface area contributed by atoms with Crippen LogP contribution in [0.5, 0.6) is 0 Å². The highest BCUT2D eigenvalue weighted by molar-refractivity contribution is 5.48. The van der Waals surface area contributed by atoms with Crippen LogP contribution in [0.1, 0.15) is 13.8 Å². The van der Waals surface area contributed by atoms with Crippen molar-refractivity contribution < 1.29 is 19.1 Å². The summed E-state index contributed by atoms with van der Waals surface area (Å²) in [5.41, 5.74) is 0. The fourth-order valence-electron chi connectivity index (χ4n) is 1.21. The molecule has 0 atom stereocenters. The van der Waals surface area contributed by atoms with Crippen LogP contribution in [-0.4, -0.2) is 54.7 Å². The van der Waals surface area contributed by atoms with E-state index in [1.54, 1.807) is 13.8 Å². The van der Waals surface area contributed by atoms with Crippen LogP contribution >= 0.6 is 0 Å². The Hall–Kier alpha value is -1.66. The van der Waals surface area contributed by atoms with E-state index in [1.807, 2.05) is 0 Å². The molecule has 0 aliphatic heterocycles. The summed E-state index contributed by atoms with van der Waals surface area (Å²) >= 11 is 0. The molecule has 0 radical (unpaired) electrons. The number of carbonyl (C=O) groups excluding carboxylic acids is 2. The maximum Gasteiger partial charge on any atom is 0.213 e. The highest BCUT2D eigenvalue weighted by Crippen LogP contribution is 2.10. The van der Waals surface area contributed by atoms with E-state index < -0.39 is 5.79 Å². The summed E-state index contributed by atoms with van der Waals surface area (Å²) in [5, 5.41) is 0. The van der Waals surface area contributed by atoms with E-state index in [2.05, 4.69) is 13.2 Å². The van der Waals surface area contributed by atoms with Gasteiger partial charge >= 0.3 is 0 Å². The molecule has 0 unspecified atom stereocenters. The van der Waals surface area contributed by atoms with Gasteiger partial charge in [-0.05, 0) is 26.2 Å². The van der Waals surface area contributed by atoms with Crippen molar-refractivity contribution in [1.82, 2.24) is 9.80 Å². The first-order valence-electron chi connectivity index (χ1n) is 5.94. The van der Waals surface area contributed by atoms with Crippen molar-refractivity contribution in [1.29, 1.82) is 0 Å². The first-order chi connectivity index (χ1) is 8.99. The number of carbonyl (C=O) groups is 2. The lowest BCUT2D eigenvalue weighted by atomic mass is 10.4. The molecular weight excluding hydrogens is 248 g/mol. The molecule has 0 N–H and O–H groups in total. The molecule has 0 saturated carbocycles. The molecule has 6 nitrogen and oxygen atoms in total. The Bertz CT molecular complexity index is 261. The average Bonchev–Trinajstić information content (AvgIpc) is 2.39. The largest absolute Gasteiger partial charge is 0.349 e. The van der Waals surface area contributed by atoms with Gasteiger partial charge in [0.15, 0.2) is 5.79 Å². The quantitative estimate of drug-likeness (QED) is 0.391. The van der Waals surface area contributed by atoms with Gasteiger partial charge in [0.25, 0.3) is 0 Å². The molecule has 19 heavy (non-hydrogen) atoms. The van der Waals surface area contributed by atoms with Gasteiger partial charge in [-0.15, -0.1) is 0 Å². The summed E-state index contributed by atoms with van der Waals surface area (Å²) in [5.74, 6) is -0.786. The minimum Gasteiger partial charge on any atom is -0.349 e. The average molecular weight is 270 g/mol. The molecular formula is C13H22N2O4. The molecule has 0 heterocycles. The molecule has 0 fully saturated rings. The minimum atomic E-state index is -0.786. The second kappa shape index (κ2) is 9.29. The SMILES string of the molecule is C=CN(C=O)CCOC(C)(C)OCCN(C=C)C=O. The number of hydrogen-bond donors (Lipinski definition) is 0. The molecule has 0 saturated heterocycles. The second-order valence-corrected chi connectivity index (χ2v) is 4.15. The molecule has 0 aliphatic carbocycles. The van der Waals surface area contributed by atoms with Crippen LogP contribution in [0.25, 0.3) is 0 Å².